The highest BCUT2D eigenvalue weighted by Crippen LogP contribution is 2.12. The number of nitrogen functional groups attached to an aromatic ring is 1. The summed E-state index contributed by atoms with van der Waals surface area (Å²) in [4.78, 5) is 23.8. The fourth-order valence-electron chi connectivity index (χ4n) is 1.36. The Morgan fingerprint density at radius 2 is 1.89 bits per heavy atom. The van der Waals surface area contributed by atoms with Crippen molar-refractivity contribution in [3.05, 3.63) is 24.3 Å². The van der Waals surface area contributed by atoms with Gasteiger partial charge >= 0.3 is 0 Å². The summed E-state index contributed by atoms with van der Waals surface area (Å²) in [7, 11) is 0. The van der Waals surface area contributed by atoms with Crippen LogP contribution in [0.2, 0.25) is 0 Å². The zero-order valence-electron chi connectivity index (χ0n) is 10.3. The number of benzene rings is 1. The third kappa shape index (κ3) is 4.32. The molecule has 0 bridgehead atoms. The molecule has 0 spiro atoms. The van der Waals surface area contributed by atoms with Crippen molar-refractivity contribution in [1.29, 1.82) is 0 Å². The Morgan fingerprint density at radius 1 is 1.28 bits per heavy atom. The second-order valence-corrected chi connectivity index (χ2v) is 3.73. The molecule has 0 radical (unpaired) electrons. The largest absolute Gasteiger partial charge is 0.484 e. The van der Waals surface area contributed by atoms with Gasteiger partial charge in [-0.3, -0.25) is 9.59 Å². The highest BCUT2D eigenvalue weighted by Gasteiger charge is 2.14. The lowest BCUT2D eigenvalue weighted by Gasteiger charge is -2.19. The number of nitrogens with two attached hydrogens (primary N) is 2. The Morgan fingerprint density at radius 3 is 2.39 bits per heavy atom. The van der Waals surface area contributed by atoms with Crippen LogP contribution in [0.3, 0.4) is 0 Å². The van der Waals surface area contributed by atoms with Crippen LogP contribution in [0.1, 0.15) is 6.92 Å². The molecule has 1 aromatic rings. The van der Waals surface area contributed by atoms with Crippen LogP contribution >= 0.6 is 0 Å². The first kappa shape index (κ1) is 13.8. The minimum atomic E-state index is -0.544. The van der Waals surface area contributed by atoms with Crippen LogP contribution in [0, 0.1) is 0 Å². The van der Waals surface area contributed by atoms with Gasteiger partial charge in [-0.05, 0) is 31.2 Å². The van der Waals surface area contributed by atoms with Crippen molar-refractivity contribution in [2.75, 3.05) is 25.4 Å². The van der Waals surface area contributed by atoms with Gasteiger partial charge in [-0.15, -0.1) is 0 Å². The van der Waals surface area contributed by atoms with Crippen LogP contribution in [0.5, 0.6) is 5.75 Å². The topological polar surface area (TPSA) is 98.6 Å². The number of anilines is 1. The maximum atomic E-state index is 11.7. The van der Waals surface area contributed by atoms with Gasteiger partial charge in [0.05, 0.1) is 6.54 Å². The molecule has 0 aliphatic heterocycles. The van der Waals surface area contributed by atoms with E-state index < -0.39 is 5.91 Å². The van der Waals surface area contributed by atoms with Gasteiger partial charge in [0.15, 0.2) is 6.61 Å². The highest BCUT2D eigenvalue weighted by molar-refractivity contribution is 5.84. The average molecular weight is 251 g/mol. The predicted molar refractivity (Wildman–Crippen MR) is 67.8 cm³/mol. The SMILES string of the molecule is CCN(CC(N)=O)C(=O)COc1ccc(N)cc1. The van der Waals surface area contributed by atoms with E-state index in [1.165, 1.54) is 4.90 Å². The summed E-state index contributed by atoms with van der Waals surface area (Å²) in [5.41, 5.74) is 11.2. The Bertz CT molecular complexity index is 417. The van der Waals surface area contributed by atoms with Gasteiger partial charge in [-0.2, -0.15) is 0 Å². The van der Waals surface area contributed by atoms with E-state index in [1.807, 2.05) is 0 Å². The lowest BCUT2D eigenvalue weighted by atomic mass is 10.3. The Labute approximate surface area is 105 Å². The van der Waals surface area contributed by atoms with Crippen LogP contribution < -0.4 is 16.2 Å². The minimum Gasteiger partial charge on any atom is -0.484 e. The zero-order valence-corrected chi connectivity index (χ0v) is 10.3. The number of hydrogen-bond donors (Lipinski definition) is 2. The number of amides is 2. The van der Waals surface area contributed by atoms with Crippen LogP contribution in [-0.4, -0.2) is 36.4 Å². The Balaban J connectivity index is 2.49. The van der Waals surface area contributed by atoms with E-state index in [-0.39, 0.29) is 19.1 Å². The summed E-state index contributed by atoms with van der Waals surface area (Å²) in [5, 5.41) is 0. The molecular weight excluding hydrogens is 234 g/mol. The average Bonchev–Trinajstić information content (AvgIpc) is 2.34. The molecule has 6 heteroatoms. The van der Waals surface area contributed by atoms with Crippen LogP contribution in [-0.2, 0) is 9.59 Å². The summed E-state index contributed by atoms with van der Waals surface area (Å²) < 4.78 is 5.29. The summed E-state index contributed by atoms with van der Waals surface area (Å²) >= 11 is 0. The standard InChI is InChI=1S/C12H17N3O3/c1-2-15(7-11(14)16)12(17)8-18-10-5-3-9(13)4-6-10/h3-6H,2,7-8,13H2,1H3,(H2,14,16). The van der Waals surface area contributed by atoms with E-state index >= 15 is 0 Å². The van der Waals surface area contributed by atoms with Crippen molar-refractivity contribution in [2.24, 2.45) is 5.73 Å². The molecule has 0 aromatic heterocycles. The van der Waals surface area contributed by atoms with Crippen molar-refractivity contribution in [1.82, 2.24) is 4.90 Å². The maximum Gasteiger partial charge on any atom is 0.260 e. The lowest BCUT2D eigenvalue weighted by Crippen LogP contribution is -2.40. The molecule has 0 saturated carbocycles. The molecule has 0 atom stereocenters. The molecule has 98 valence electrons. The van der Waals surface area contributed by atoms with Crippen molar-refractivity contribution in [3.63, 3.8) is 0 Å². The fraction of sp³-hybridized carbons (Fsp3) is 0.333. The van der Waals surface area contributed by atoms with E-state index in [4.69, 9.17) is 16.2 Å². The first-order valence-electron chi connectivity index (χ1n) is 5.57. The van der Waals surface area contributed by atoms with Gasteiger partial charge in [-0.1, -0.05) is 0 Å². The second-order valence-electron chi connectivity index (χ2n) is 3.73. The molecule has 1 rings (SSSR count). The molecule has 6 nitrogen and oxygen atoms in total. The molecule has 1 aromatic carbocycles. The molecule has 4 N–H and O–H groups in total. The number of carbonyl (C=O) groups excluding carboxylic acids is 2. The molecule has 0 saturated heterocycles. The molecule has 0 unspecified atom stereocenters. The quantitative estimate of drug-likeness (QED) is 0.694. The molecule has 0 aliphatic rings. The van der Waals surface area contributed by atoms with Crippen LogP contribution in [0.15, 0.2) is 24.3 Å². The normalized spacial score (nSPS) is 9.83. The monoisotopic (exact) mass is 251 g/mol. The Hall–Kier alpha value is -2.24. The minimum absolute atomic E-state index is 0.0968. The van der Waals surface area contributed by atoms with E-state index in [2.05, 4.69) is 0 Å². The van der Waals surface area contributed by atoms with Gasteiger partial charge in [0.1, 0.15) is 5.75 Å². The fourth-order valence-corrected chi connectivity index (χ4v) is 1.36. The van der Waals surface area contributed by atoms with Crippen molar-refractivity contribution in [3.8, 4) is 5.75 Å². The summed E-state index contributed by atoms with van der Waals surface area (Å²) in [6.45, 7) is 1.95. The molecular formula is C12H17N3O3. The Kier molecular flexibility index (Phi) is 4.98. The van der Waals surface area contributed by atoms with Crippen molar-refractivity contribution < 1.29 is 14.3 Å². The maximum absolute atomic E-state index is 11.7. The second kappa shape index (κ2) is 6.48. The van der Waals surface area contributed by atoms with Gasteiger partial charge in [-0.25, -0.2) is 0 Å². The summed E-state index contributed by atoms with van der Waals surface area (Å²) in [6.07, 6.45) is 0. The molecule has 18 heavy (non-hydrogen) atoms. The van der Waals surface area contributed by atoms with Gasteiger partial charge in [0.2, 0.25) is 5.91 Å². The number of hydrogen-bond acceptors (Lipinski definition) is 4. The van der Waals surface area contributed by atoms with Crippen LogP contribution in [0.25, 0.3) is 0 Å². The lowest BCUT2D eigenvalue weighted by molar-refractivity contribution is -0.136. The highest BCUT2D eigenvalue weighted by atomic mass is 16.5. The molecule has 2 amide bonds. The number of likely N-dealkylation sites (N-methyl/N-ethyl adjacent to an activating group) is 1. The molecule has 0 aliphatic carbocycles. The number of carbonyl (C=O) groups is 2. The summed E-state index contributed by atoms with van der Waals surface area (Å²) in [5.74, 6) is -0.279. The van der Waals surface area contributed by atoms with Gasteiger partial charge in [0, 0.05) is 12.2 Å². The first-order valence-corrected chi connectivity index (χ1v) is 5.57. The third-order valence-corrected chi connectivity index (χ3v) is 2.32. The van der Waals surface area contributed by atoms with Crippen molar-refractivity contribution in [2.45, 2.75) is 6.92 Å². The number of nitrogens with zero attached hydrogens (tertiary/aromatic N) is 1. The number of primary amides is 1. The predicted octanol–water partition coefficient (Wildman–Crippen LogP) is -0.0186. The van der Waals surface area contributed by atoms with E-state index in [1.54, 1.807) is 31.2 Å². The third-order valence-electron chi connectivity index (χ3n) is 2.32. The molecule has 0 heterocycles. The van der Waals surface area contributed by atoms with Crippen LogP contribution in [0.4, 0.5) is 5.69 Å². The number of rotatable bonds is 6. The van der Waals surface area contributed by atoms with E-state index in [0.29, 0.717) is 18.0 Å². The summed E-state index contributed by atoms with van der Waals surface area (Å²) in [6, 6.07) is 6.71. The van der Waals surface area contributed by atoms with Gasteiger partial charge in [0.25, 0.3) is 5.91 Å². The van der Waals surface area contributed by atoms with E-state index in [9.17, 15) is 9.59 Å². The smallest absolute Gasteiger partial charge is 0.260 e. The molecule has 0 fully saturated rings. The van der Waals surface area contributed by atoms with Gasteiger partial charge < -0.3 is 21.1 Å². The zero-order chi connectivity index (χ0) is 13.5. The van der Waals surface area contributed by atoms with E-state index in [0.717, 1.165) is 0 Å². The first-order chi connectivity index (χ1) is 8.52. The van der Waals surface area contributed by atoms with Crippen molar-refractivity contribution >= 4 is 17.5 Å². The number of ether oxygens (including phenoxy) is 1.